The van der Waals surface area contributed by atoms with Crippen molar-refractivity contribution < 1.29 is 4.42 Å². The minimum atomic E-state index is 0.896. The summed E-state index contributed by atoms with van der Waals surface area (Å²) in [6.07, 6.45) is 0. The lowest BCUT2D eigenvalue weighted by Crippen LogP contribution is -2.12. The van der Waals surface area contributed by atoms with Crippen molar-refractivity contribution in [2.75, 3.05) is 4.90 Å². The third-order valence-electron chi connectivity index (χ3n) is 10.8. The number of para-hydroxylation sites is 2. The zero-order chi connectivity index (χ0) is 34.2. The van der Waals surface area contributed by atoms with Gasteiger partial charge in [0.15, 0.2) is 0 Å². The molecule has 0 saturated carbocycles. The molecule has 2 heteroatoms. The molecule has 52 heavy (non-hydrogen) atoms. The lowest BCUT2D eigenvalue weighted by molar-refractivity contribution is 0.670. The molecule has 0 aliphatic heterocycles. The van der Waals surface area contributed by atoms with Crippen LogP contribution >= 0.6 is 0 Å². The Morgan fingerprint density at radius 3 is 1.65 bits per heavy atom. The van der Waals surface area contributed by atoms with Crippen LogP contribution in [0.25, 0.3) is 86.9 Å². The van der Waals surface area contributed by atoms with E-state index in [4.69, 9.17) is 4.42 Å². The summed E-state index contributed by atoms with van der Waals surface area (Å²) in [5, 5.41) is 14.4. The summed E-state index contributed by atoms with van der Waals surface area (Å²) in [6.45, 7) is 0. The van der Waals surface area contributed by atoms with Gasteiger partial charge in [0.05, 0.1) is 17.1 Å². The first-order valence-electron chi connectivity index (χ1n) is 17.8. The molecule has 10 aromatic carbocycles. The molecule has 0 spiro atoms. The number of rotatable bonds is 4. The molecule has 11 rings (SSSR count). The fourth-order valence-electron chi connectivity index (χ4n) is 8.42. The van der Waals surface area contributed by atoms with Crippen LogP contribution in [0.15, 0.2) is 192 Å². The average molecular weight is 662 g/mol. The molecule has 0 amide bonds. The second-order valence-corrected chi connectivity index (χ2v) is 13.7. The predicted molar refractivity (Wildman–Crippen MR) is 221 cm³/mol. The molecular formula is C50H31NO. The maximum absolute atomic E-state index is 6.82. The van der Waals surface area contributed by atoms with Gasteiger partial charge < -0.3 is 9.32 Å². The summed E-state index contributed by atoms with van der Waals surface area (Å²) < 4.78 is 6.82. The second-order valence-electron chi connectivity index (χ2n) is 13.7. The van der Waals surface area contributed by atoms with Crippen LogP contribution in [-0.2, 0) is 0 Å². The average Bonchev–Trinajstić information content (AvgIpc) is 3.58. The number of benzene rings is 10. The van der Waals surface area contributed by atoms with Gasteiger partial charge in [-0.3, -0.25) is 0 Å². The van der Waals surface area contributed by atoms with Crippen LogP contribution in [0.2, 0.25) is 0 Å². The van der Waals surface area contributed by atoms with E-state index in [9.17, 15) is 0 Å². The highest BCUT2D eigenvalue weighted by Crippen LogP contribution is 2.49. The first-order chi connectivity index (χ1) is 25.8. The molecule has 0 saturated heterocycles. The van der Waals surface area contributed by atoms with Gasteiger partial charge in [0.2, 0.25) is 0 Å². The minimum absolute atomic E-state index is 0.896. The van der Waals surface area contributed by atoms with Crippen molar-refractivity contribution in [1.29, 1.82) is 0 Å². The standard InChI is InChI=1S/C50H31NO/c1-2-15-34-31-49-45(29-33(34)14-1)44-24-11-23-43(50(44)52-49)41-21-9-10-25-46(41)51(47-26-12-22-39-36-17-5-3-13-32(36)27-28-42(39)47)48-30-35-16-4-6-18-37(35)38-19-7-8-20-40(38)48/h1-31H. The summed E-state index contributed by atoms with van der Waals surface area (Å²) in [6, 6.07) is 68.1. The Morgan fingerprint density at radius 1 is 0.288 bits per heavy atom. The first kappa shape index (κ1) is 28.9. The minimum Gasteiger partial charge on any atom is -0.455 e. The lowest BCUT2D eigenvalue weighted by Gasteiger charge is -2.30. The normalized spacial score (nSPS) is 11.8. The Kier molecular flexibility index (Phi) is 6.28. The molecular weight excluding hydrogens is 631 g/mol. The fourth-order valence-corrected chi connectivity index (χ4v) is 8.42. The molecule has 0 fully saturated rings. The van der Waals surface area contributed by atoms with Crippen molar-refractivity contribution in [2.45, 2.75) is 0 Å². The van der Waals surface area contributed by atoms with Gasteiger partial charge in [-0.05, 0) is 73.4 Å². The van der Waals surface area contributed by atoms with Crippen LogP contribution in [0.1, 0.15) is 0 Å². The van der Waals surface area contributed by atoms with Crippen LogP contribution in [0.5, 0.6) is 0 Å². The summed E-state index contributed by atoms with van der Waals surface area (Å²) in [5.74, 6) is 0. The van der Waals surface area contributed by atoms with Gasteiger partial charge in [-0.1, -0.05) is 158 Å². The van der Waals surface area contributed by atoms with E-state index in [0.717, 1.165) is 50.1 Å². The Morgan fingerprint density at radius 2 is 0.827 bits per heavy atom. The number of anilines is 3. The molecule has 1 heterocycles. The molecule has 0 atom stereocenters. The molecule has 0 radical (unpaired) electrons. The van der Waals surface area contributed by atoms with Gasteiger partial charge in [-0.15, -0.1) is 0 Å². The molecule has 242 valence electrons. The fraction of sp³-hybridized carbons (Fsp3) is 0. The Balaban J connectivity index is 1.25. The van der Waals surface area contributed by atoms with E-state index < -0.39 is 0 Å². The predicted octanol–water partition coefficient (Wildman–Crippen LogP) is 14.5. The van der Waals surface area contributed by atoms with E-state index in [1.54, 1.807) is 0 Å². The van der Waals surface area contributed by atoms with Gasteiger partial charge in [0.25, 0.3) is 0 Å². The summed E-state index contributed by atoms with van der Waals surface area (Å²) in [5.41, 5.74) is 7.30. The number of hydrogen-bond acceptors (Lipinski definition) is 2. The largest absolute Gasteiger partial charge is 0.455 e. The highest BCUT2D eigenvalue weighted by molar-refractivity contribution is 6.19. The monoisotopic (exact) mass is 661 g/mol. The van der Waals surface area contributed by atoms with Gasteiger partial charge in [-0.25, -0.2) is 0 Å². The molecule has 0 bridgehead atoms. The zero-order valence-corrected chi connectivity index (χ0v) is 28.3. The summed E-state index contributed by atoms with van der Waals surface area (Å²) in [4.78, 5) is 2.48. The zero-order valence-electron chi connectivity index (χ0n) is 28.3. The molecule has 0 N–H and O–H groups in total. The van der Waals surface area contributed by atoms with Gasteiger partial charge in [-0.2, -0.15) is 0 Å². The Hall–Kier alpha value is -6.90. The van der Waals surface area contributed by atoms with E-state index in [-0.39, 0.29) is 0 Å². The molecule has 0 aliphatic rings. The molecule has 11 aromatic rings. The first-order valence-corrected chi connectivity index (χ1v) is 17.8. The molecule has 0 unspecified atom stereocenters. The van der Waals surface area contributed by atoms with Crippen molar-refractivity contribution in [3.05, 3.63) is 188 Å². The summed E-state index contributed by atoms with van der Waals surface area (Å²) >= 11 is 0. The van der Waals surface area contributed by atoms with Crippen LogP contribution in [0.4, 0.5) is 17.1 Å². The van der Waals surface area contributed by atoms with E-state index in [0.29, 0.717) is 0 Å². The SMILES string of the molecule is c1ccc(N(c2cccc3c2ccc2ccccc23)c2cc3ccccc3c3ccccc23)c(-c2cccc3c2oc2cc4ccccc4cc23)c1. The van der Waals surface area contributed by atoms with E-state index in [2.05, 4.69) is 193 Å². The van der Waals surface area contributed by atoms with E-state index in [1.165, 1.54) is 53.9 Å². The smallest absolute Gasteiger partial charge is 0.143 e. The maximum atomic E-state index is 6.82. The van der Waals surface area contributed by atoms with E-state index >= 15 is 0 Å². The third-order valence-corrected chi connectivity index (χ3v) is 10.8. The van der Waals surface area contributed by atoms with Crippen LogP contribution in [0.3, 0.4) is 0 Å². The van der Waals surface area contributed by atoms with Crippen molar-refractivity contribution in [3.8, 4) is 11.1 Å². The van der Waals surface area contributed by atoms with Crippen molar-refractivity contribution in [3.63, 3.8) is 0 Å². The van der Waals surface area contributed by atoms with Crippen molar-refractivity contribution in [2.24, 2.45) is 0 Å². The van der Waals surface area contributed by atoms with Gasteiger partial charge >= 0.3 is 0 Å². The Labute approximate surface area is 300 Å². The molecule has 1 aromatic heterocycles. The molecule has 2 nitrogen and oxygen atoms in total. The van der Waals surface area contributed by atoms with Gasteiger partial charge in [0, 0.05) is 32.7 Å². The number of hydrogen-bond donors (Lipinski definition) is 0. The van der Waals surface area contributed by atoms with Crippen molar-refractivity contribution >= 4 is 92.9 Å². The van der Waals surface area contributed by atoms with Crippen molar-refractivity contribution in [1.82, 2.24) is 0 Å². The van der Waals surface area contributed by atoms with Crippen LogP contribution < -0.4 is 4.90 Å². The summed E-state index contributed by atoms with van der Waals surface area (Å²) in [7, 11) is 0. The van der Waals surface area contributed by atoms with E-state index in [1.807, 2.05) is 0 Å². The third kappa shape index (κ3) is 4.31. The van der Waals surface area contributed by atoms with Crippen LogP contribution in [-0.4, -0.2) is 0 Å². The highest BCUT2D eigenvalue weighted by Gasteiger charge is 2.24. The Bertz CT molecular complexity index is 3210. The quantitative estimate of drug-likeness (QED) is 0.175. The number of fused-ring (bicyclic) bond motifs is 10. The topological polar surface area (TPSA) is 16.4 Å². The van der Waals surface area contributed by atoms with Gasteiger partial charge in [0.1, 0.15) is 11.2 Å². The number of nitrogens with zero attached hydrogens (tertiary/aromatic N) is 1. The second kappa shape index (κ2) is 11.3. The molecule has 0 aliphatic carbocycles. The highest BCUT2D eigenvalue weighted by atomic mass is 16.3. The maximum Gasteiger partial charge on any atom is 0.143 e. The van der Waals surface area contributed by atoms with Crippen LogP contribution in [0, 0.1) is 0 Å². The number of furan rings is 1. The lowest BCUT2D eigenvalue weighted by atomic mass is 9.95.